The van der Waals surface area contributed by atoms with Gasteiger partial charge in [0.2, 0.25) is 0 Å². The first kappa shape index (κ1) is 12.0. The molecule has 4 heteroatoms. The first-order chi connectivity index (χ1) is 7.75. The number of nitrogens with zero attached hydrogens (tertiary/aromatic N) is 1. The summed E-state index contributed by atoms with van der Waals surface area (Å²) in [6.45, 7) is 6.20. The average Bonchev–Trinajstić information content (AvgIpc) is 2.65. The van der Waals surface area contributed by atoms with Crippen LogP contribution < -0.4 is 5.32 Å². The number of hydrogen-bond acceptors (Lipinski definition) is 4. The highest BCUT2D eigenvalue weighted by atomic mass is 32.1. The van der Waals surface area contributed by atoms with Gasteiger partial charge in [-0.1, -0.05) is 0 Å². The third-order valence-electron chi connectivity index (χ3n) is 3.12. The highest BCUT2D eigenvalue weighted by molar-refractivity contribution is 7.09. The summed E-state index contributed by atoms with van der Waals surface area (Å²) in [6, 6.07) is 0.636. The Morgan fingerprint density at radius 1 is 1.62 bits per heavy atom. The van der Waals surface area contributed by atoms with Crippen molar-refractivity contribution < 1.29 is 4.74 Å². The first-order valence-corrected chi connectivity index (χ1v) is 6.87. The highest BCUT2D eigenvalue weighted by Crippen LogP contribution is 2.15. The lowest BCUT2D eigenvalue weighted by molar-refractivity contribution is 0.0135. The van der Waals surface area contributed by atoms with Gasteiger partial charge in [0.15, 0.2) is 0 Å². The Bertz CT molecular complexity index is 327. The summed E-state index contributed by atoms with van der Waals surface area (Å²) in [5, 5.41) is 3.62. The standard InChI is InChI=1S/C12H20N2OS/c1-9-7-11(4-6-15-9)13-5-3-12-10(2)14-8-16-12/h8-9,11,13H,3-7H2,1-2H3. The van der Waals surface area contributed by atoms with Gasteiger partial charge in [-0.3, -0.25) is 0 Å². The highest BCUT2D eigenvalue weighted by Gasteiger charge is 2.18. The normalized spacial score (nSPS) is 25.9. The molecule has 1 fully saturated rings. The number of aromatic nitrogens is 1. The van der Waals surface area contributed by atoms with E-state index in [1.807, 2.05) is 5.51 Å². The van der Waals surface area contributed by atoms with Crippen LogP contribution in [0.4, 0.5) is 0 Å². The van der Waals surface area contributed by atoms with Crippen molar-refractivity contribution in [2.24, 2.45) is 0 Å². The molecule has 2 atom stereocenters. The van der Waals surface area contributed by atoms with Gasteiger partial charge in [-0.05, 0) is 33.1 Å². The van der Waals surface area contributed by atoms with Crippen LogP contribution in [0.1, 0.15) is 30.3 Å². The fourth-order valence-electron chi connectivity index (χ4n) is 2.14. The molecule has 1 aliphatic rings. The molecule has 2 rings (SSSR count). The van der Waals surface area contributed by atoms with E-state index in [2.05, 4.69) is 24.1 Å². The molecule has 1 aromatic heterocycles. The number of nitrogens with one attached hydrogen (secondary N) is 1. The molecule has 1 aliphatic heterocycles. The summed E-state index contributed by atoms with van der Waals surface area (Å²) in [5.41, 5.74) is 3.12. The Labute approximate surface area is 101 Å². The molecule has 0 spiro atoms. The van der Waals surface area contributed by atoms with Crippen molar-refractivity contribution in [3.63, 3.8) is 0 Å². The van der Waals surface area contributed by atoms with Crippen LogP contribution in [0.3, 0.4) is 0 Å². The molecule has 90 valence electrons. The predicted octanol–water partition coefficient (Wildman–Crippen LogP) is 2.15. The summed E-state index contributed by atoms with van der Waals surface area (Å²) < 4.78 is 5.53. The Kier molecular flexibility index (Phi) is 4.32. The van der Waals surface area contributed by atoms with Gasteiger partial charge in [-0.15, -0.1) is 11.3 Å². The molecule has 1 N–H and O–H groups in total. The number of aryl methyl sites for hydroxylation is 1. The van der Waals surface area contributed by atoms with Gasteiger partial charge in [-0.25, -0.2) is 4.98 Å². The second kappa shape index (κ2) is 5.75. The lowest BCUT2D eigenvalue weighted by Crippen LogP contribution is -2.38. The second-order valence-electron chi connectivity index (χ2n) is 4.47. The Hall–Kier alpha value is -0.450. The van der Waals surface area contributed by atoms with Gasteiger partial charge < -0.3 is 10.1 Å². The fraction of sp³-hybridized carbons (Fsp3) is 0.750. The molecule has 3 nitrogen and oxygen atoms in total. The van der Waals surface area contributed by atoms with Crippen molar-refractivity contribution in [2.45, 2.75) is 45.3 Å². The minimum atomic E-state index is 0.413. The number of hydrogen-bond donors (Lipinski definition) is 1. The average molecular weight is 240 g/mol. The zero-order valence-corrected chi connectivity index (χ0v) is 10.8. The molecule has 0 amide bonds. The number of ether oxygens (including phenoxy) is 1. The third-order valence-corrected chi connectivity index (χ3v) is 4.11. The fourth-order valence-corrected chi connectivity index (χ4v) is 2.92. The molecule has 2 heterocycles. The van der Waals surface area contributed by atoms with Gasteiger partial charge in [0.05, 0.1) is 17.3 Å². The van der Waals surface area contributed by atoms with Crippen LogP contribution in [0.5, 0.6) is 0 Å². The van der Waals surface area contributed by atoms with Crippen molar-refractivity contribution in [1.29, 1.82) is 0 Å². The number of thiazole rings is 1. The first-order valence-electron chi connectivity index (χ1n) is 5.99. The molecule has 0 saturated carbocycles. The van der Waals surface area contributed by atoms with E-state index in [4.69, 9.17) is 4.74 Å². The molecular formula is C12H20N2OS. The van der Waals surface area contributed by atoms with E-state index in [0.717, 1.165) is 32.4 Å². The van der Waals surface area contributed by atoms with E-state index >= 15 is 0 Å². The zero-order valence-electron chi connectivity index (χ0n) is 10.0. The van der Waals surface area contributed by atoms with Gasteiger partial charge in [-0.2, -0.15) is 0 Å². The van der Waals surface area contributed by atoms with Gasteiger partial charge >= 0.3 is 0 Å². The Morgan fingerprint density at radius 2 is 2.50 bits per heavy atom. The van der Waals surface area contributed by atoms with Crippen molar-refractivity contribution in [3.05, 3.63) is 16.1 Å². The summed E-state index contributed by atoms with van der Waals surface area (Å²) in [5.74, 6) is 0. The van der Waals surface area contributed by atoms with Crippen molar-refractivity contribution >= 4 is 11.3 Å². The molecule has 0 aliphatic carbocycles. The van der Waals surface area contributed by atoms with Crippen LogP contribution in [0.25, 0.3) is 0 Å². The summed E-state index contributed by atoms with van der Waals surface area (Å²) in [6.07, 6.45) is 3.80. The maximum absolute atomic E-state index is 5.53. The van der Waals surface area contributed by atoms with Gasteiger partial charge in [0.25, 0.3) is 0 Å². The van der Waals surface area contributed by atoms with Crippen molar-refractivity contribution in [3.8, 4) is 0 Å². The molecule has 0 radical (unpaired) electrons. The summed E-state index contributed by atoms with van der Waals surface area (Å²) >= 11 is 1.76. The lowest BCUT2D eigenvalue weighted by Gasteiger charge is -2.28. The minimum Gasteiger partial charge on any atom is -0.378 e. The van der Waals surface area contributed by atoms with Crippen LogP contribution >= 0.6 is 11.3 Å². The maximum atomic E-state index is 5.53. The van der Waals surface area contributed by atoms with E-state index in [0.29, 0.717) is 12.1 Å². The van der Waals surface area contributed by atoms with E-state index in [9.17, 15) is 0 Å². The Morgan fingerprint density at radius 3 is 3.19 bits per heavy atom. The SMILES string of the molecule is Cc1ncsc1CCNC1CCOC(C)C1. The van der Waals surface area contributed by atoms with Crippen molar-refractivity contribution in [2.75, 3.05) is 13.2 Å². The smallest absolute Gasteiger partial charge is 0.0797 e. The third kappa shape index (κ3) is 3.27. The van der Waals surface area contributed by atoms with E-state index in [1.54, 1.807) is 11.3 Å². The number of rotatable bonds is 4. The quantitative estimate of drug-likeness (QED) is 0.875. The Balaban J connectivity index is 1.70. The van der Waals surface area contributed by atoms with Gasteiger partial charge in [0, 0.05) is 24.1 Å². The lowest BCUT2D eigenvalue weighted by atomic mass is 10.0. The topological polar surface area (TPSA) is 34.2 Å². The molecule has 2 unspecified atom stereocenters. The molecule has 16 heavy (non-hydrogen) atoms. The van der Waals surface area contributed by atoms with E-state index < -0.39 is 0 Å². The molecule has 1 saturated heterocycles. The van der Waals surface area contributed by atoms with Crippen LogP contribution in [0.2, 0.25) is 0 Å². The minimum absolute atomic E-state index is 0.413. The summed E-state index contributed by atoms with van der Waals surface area (Å²) in [7, 11) is 0. The molecule has 0 aromatic carbocycles. The van der Waals surface area contributed by atoms with E-state index in [-0.39, 0.29) is 0 Å². The largest absolute Gasteiger partial charge is 0.378 e. The van der Waals surface area contributed by atoms with Crippen molar-refractivity contribution in [1.82, 2.24) is 10.3 Å². The maximum Gasteiger partial charge on any atom is 0.0797 e. The monoisotopic (exact) mass is 240 g/mol. The van der Waals surface area contributed by atoms with Gasteiger partial charge in [0.1, 0.15) is 0 Å². The van der Waals surface area contributed by atoms with Crippen LogP contribution in [0, 0.1) is 6.92 Å². The van der Waals surface area contributed by atoms with Crippen LogP contribution in [-0.2, 0) is 11.2 Å². The molecule has 1 aromatic rings. The zero-order chi connectivity index (χ0) is 11.4. The van der Waals surface area contributed by atoms with E-state index in [1.165, 1.54) is 10.6 Å². The second-order valence-corrected chi connectivity index (χ2v) is 5.41. The molecule has 0 bridgehead atoms. The summed E-state index contributed by atoms with van der Waals surface area (Å²) in [4.78, 5) is 5.67. The van der Waals surface area contributed by atoms with Crippen LogP contribution in [-0.4, -0.2) is 30.3 Å². The molecular weight excluding hydrogens is 220 g/mol. The predicted molar refractivity (Wildman–Crippen MR) is 67.0 cm³/mol. The van der Waals surface area contributed by atoms with Crippen LogP contribution in [0.15, 0.2) is 5.51 Å².